The first-order valence-electron chi connectivity index (χ1n) is 6.76. The summed E-state index contributed by atoms with van der Waals surface area (Å²) >= 11 is 0. The molecular weight excluding hydrogens is 224 g/mol. The standard InChI is InChI=1S/C15H24N2O/c1-11(16)13-8-9-17(10-13)12(2)14-6-4-5-7-15(14)18-3/h4-7,11-13H,8-10,16H2,1-3H3. The van der Waals surface area contributed by atoms with Crippen LogP contribution in [0.4, 0.5) is 0 Å². The summed E-state index contributed by atoms with van der Waals surface area (Å²) < 4.78 is 5.45. The third kappa shape index (κ3) is 2.68. The van der Waals surface area contributed by atoms with Crippen LogP contribution in [0.3, 0.4) is 0 Å². The van der Waals surface area contributed by atoms with E-state index in [2.05, 4.69) is 30.9 Å². The molecule has 1 fully saturated rings. The predicted octanol–water partition coefficient (Wildman–Crippen LogP) is 2.43. The highest BCUT2D eigenvalue weighted by Gasteiger charge is 2.29. The van der Waals surface area contributed by atoms with Gasteiger partial charge in [-0.15, -0.1) is 0 Å². The number of likely N-dealkylation sites (tertiary alicyclic amines) is 1. The molecule has 0 aromatic heterocycles. The van der Waals surface area contributed by atoms with Gasteiger partial charge in [-0.05, 0) is 38.8 Å². The van der Waals surface area contributed by atoms with Crippen LogP contribution in [0.15, 0.2) is 24.3 Å². The van der Waals surface area contributed by atoms with Crippen molar-refractivity contribution < 1.29 is 4.74 Å². The SMILES string of the molecule is COc1ccccc1C(C)N1CCC(C(C)N)C1. The molecule has 2 N–H and O–H groups in total. The quantitative estimate of drug-likeness (QED) is 0.889. The van der Waals surface area contributed by atoms with E-state index in [0.717, 1.165) is 18.8 Å². The first kappa shape index (κ1) is 13.4. The summed E-state index contributed by atoms with van der Waals surface area (Å²) in [5.74, 6) is 1.61. The van der Waals surface area contributed by atoms with Crippen LogP contribution in [-0.4, -0.2) is 31.1 Å². The average molecular weight is 248 g/mol. The van der Waals surface area contributed by atoms with Crippen LogP contribution in [-0.2, 0) is 0 Å². The highest BCUT2D eigenvalue weighted by atomic mass is 16.5. The van der Waals surface area contributed by atoms with Gasteiger partial charge in [-0.2, -0.15) is 0 Å². The maximum Gasteiger partial charge on any atom is 0.123 e. The average Bonchev–Trinajstić information content (AvgIpc) is 2.87. The monoisotopic (exact) mass is 248 g/mol. The molecule has 3 atom stereocenters. The van der Waals surface area contributed by atoms with Crippen LogP contribution in [0.25, 0.3) is 0 Å². The van der Waals surface area contributed by atoms with Crippen molar-refractivity contribution in [2.75, 3.05) is 20.2 Å². The number of hydrogen-bond donors (Lipinski definition) is 1. The van der Waals surface area contributed by atoms with Gasteiger partial charge in [0.15, 0.2) is 0 Å². The van der Waals surface area contributed by atoms with Crippen molar-refractivity contribution in [2.45, 2.75) is 32.4 Å². The lowest BCUT2D eigenvalue weighted by Crippen LogP contribution is -2.31. The van der Waals surface area contributed by atoms with Crippen LogP contribution < -0.4 is 10.5 Å². The Labute approximate surface area is 110 Å². The van der Waals surface area contributed by atoms with Crippen LogP contribution in [0, 0.1) is 5.92 Å². The Kier molecular flexibility index (Phi) is 4.25. The van der Waals surface area contributed by atoms with Gasteiger partial charge in [-0.25, -0.2) is 0 Å². The minimum absolute atomic E-state index is 0.292. The predicted molar refractivity (Wildman–Crippen MR) is 74.7 cm³/mol. The summed E-state index contributed by atoms with van der Waals surface area (Å²) in [5.41, 5.74) is 7.27. The molecule has 3 heteroatoms. The summed E-state index contributed by atoms with van der Waals surface area (Å²) in [4.78, 5) is 2.51. The highest BCUT2D eigenvalue weighted by molar-refractivity contribution is 5.35. The topological polar surface area (TPSA) is 38.5 Å². The summed E-state index contributed by atoms with van der Waals surface area (Å²) in [6.45, 7) is 6.59. The van der Waals surface area contributed by atoms with Gasteiger partial charge >= 0.3 is 0 Å². The van der Waals surface area contributed by atoms with Crippen LogP contribution >= 0.6 is 0 Å². The van der Waals surface area contributed by atoms with E-state index in [0.29, 0.717) is 18.0 Å². The van der Waals surface area contributed by atoms with Crippen LogP contribution in [0.5, 0.6) is 5.75 Å². The highest BCUT2D eigenvalue weighted by Crippen LogP contribution is 2.32. The molecule has 18 heavy (non-hydrogen) atoms. The molecule has 1 aromatic carbocycles. The van der Waals surface area contributed by atoms with E-state index in [1.54, 1.807) is 7.11 Å². The molecule has 3 nitrogen and oxygen atoms in total. The number of nitrogens with two attached hydrogens (primary N) is 1. The van der Waals surface area contributed by atoms with Gasteiger partial charge in [-0.3, -0.25) is 4.90 Å². The second-order valence-electron chi connectivity index (χ2n) is 5.32. The Morgan fingerprint density at radius 1 is 1.33 bits per heavy atom. The number of methoxy groups -OCH3 is 1. The lowest BCUT2D eigenvalue weighted by molar-refractivity contribution is 0.242. The zero-order valence-corrected chi connectivity index (χ0v) is 11.6. The molecule has 1 aromatic rings. The largest absolute Gasteiger partial charge is 0.496 e. The Balaban J connectivity index is 2.10. The second kappa shape index (κ2) is 5.72. The number of benzene rings is 1. The van der Waals surface area contributed by atoms with E-state index in [1.807, 2.05) is 12.1 Å². The first-order chi connectivity index (χ1) is 8.63. The molecule has 1 heterocycles. The molecule has 0 aliphatic carbocycles. The molecule has 0 saturated carbocycles. The molecule has 0 spiro atoms. The molecule has 0 amide bonds. The third-order valence-electron chi connectivity index (χ3n) is 4.14. The molecular formula is C15H24N2O. The van der Waals surface area contributed by atoms with Crippen molar-refractivity contribution in [1.29, 1.82) is 0 Å². The minimum atomic E-state index is 0.292. The number of hydrogen-bond acceptors (Lipinski definition) is 3. The van der Waals surface area contributed by atoms with E-state index < -0.39 is 0 Å². The molecule has 1 saturated heterocycles. The van der Waals surface area contributed by atoms with Crippen LogP contribution in [0.1, 0.15) is 31.9 Å². The number of para-hydroxylation sites is 1. The molecule has 0 radical (unpaired) electrons. The molecule has 3 unspecified atom stereocenters. The number of nitrogens with zero attached hydrogens (tertiary/aromatic N) is 1. The van der Waals surface area contributed by atoms with E-state index in [-0.39, 0.29) is 0 Å². The Bertz CT molecular complexity index is 392. The van der Waals surface area contributed by atoms with Gasteiger partial charge in [0.1, 0.15) is 5.75 Å². The van der Waals surface area contributed by atoms with E-state index in [9.17, 15) is 0 Å². The fourth-order valence-corrected chi connectivity index (χ4v) is 2.80. The fourth-order valence-electron chi connectivity index (χ4n) is 2.80. The van der Waals surface area contributed by atoms with E-state index in [4.69, 9.17) is 10.5 Å². The van der Waals surface area contributed by atoms with Gasteiger partial charge in [0.05, 0.1) is 7.11 Å². The summed E-state index contributed by atoms with van der Waals surface area (Å²) in [6.07, 6.45) is 1.21. The van der Waals surface area contributed by atoms with Gasteiger partial charge in [0.25, 0.3) is 0 Å². The maximum atomic E-state index is 6.00. The van der Waals surface area contributed by atoms with Gasteiger partial charge in [0.2, 0.25) is 0 Å². The summed E-state index contributed by atoms with van der Waals surface area (Å²) in [7, 11) is 1.74. The van der Waals surface area contributed by atoms with E-state index >= 15 is 0 Å². The zero-order chi connectivity index (χ0) is 13.1. The molecule has 100 valence electrons. The van der Waals surface area contributed by atoms with Gasteiger partial charge in [0, 0.05) is 24.2 Å². The molecule has 2 rings (SSSR count). The zero-order valence-electron chi connectivity index (χ0n) is 11.6. The number of ether oxygens (including phenoxy) is 1. The summed E-state index contributed by atoms with van der Waals surface area (Å²) in [6, 6.07) is 8.97. The smallest absolute Gasteiger partial charge is 0.123 e. The minimum Gasteiger partial charge on any atom is -0.496 e. The lowest BCUT2D eigenvalue weighted by Gasteiger charge is -2.26. The van der Waals surface area contributed by atoms with Gasteiger partial charge < -0.3 is 10.5 Å². The van der Waals surface area contributed by atoms with Crippen molar-refractivity contribution in [1.82, 2.24) is 4.90 Å². The normalized spacial score (nSPS) is 23.9. The Morgan fingerprint density at radius 3 is 2.67 bits per heavy atom. The molecule has 0 bridgehead atoms. The van der Waals surface area contributed by atoms with Crippen molar-refractivity contribution >= 4 is 0 Å². The van der Waals surface area contributed by atoms with Crippen LogP contribution in [0.2, 0.25) is 0 Å². The lowest BCUT2D eigenvalue weighted by atomic mass is 10.0. The second-order valence-corrected chi connectivity index (χ2v) is 5.32. The van der Waals surface area contributed by atoms with Gasteiger partial charge in [-0.1, -0.05) is 18.2 Å². The van der Waals surface area contributed by atoms with Crippen molar-refractivity contribution in [3.05, 3.63) is 29.8 Å². The van der Waals surface area contributed by atoms with Crippen molar-refractivity contribution in [3.63, 3.8) is 0 Å². The fraction of sp³-hybridized carbons (Fsp3) is 0.600. The Morgan fingerprint density at radius 2 is 2.06 bits per heavy atom. The van der Waals surface area contributed by atoms with Crippen molar-refractivity contribution in [3.8, 4) is 5.75 Å². The number of rotatable bonds is 4. The first-order valence-corrected chi connectivity index (χ1v) is 6.76. The third-order valence-corrected chi connectivity index (χ3v) is 4.14. The molecule has 1 aliphatic rings. The van der Waals surface area contributed by atoms with Crippen molar-refractivity contribution in [2.24, 2.45) is 11.7 Å². The molecule has 1 aliphatic heterocycles. The summed E-state index contributed by atoms with van der Waals surface area (Å²) in [5, 5.41) is 0. The van der Waals surface area contributed by atoms with E-state index in [1.165, 1.54) is 12.0 Å². The Hall–Kier alpha value is -1.06. The maximum absolute atomic E-state index is 6.00.